The van der Waals surface area contributed by atoms with Gasteiger partial charge in [0, 0.05) is 41.8 Å². The molecule has 0 aliphatic heterocycles. The lowest BCUT2D eigenvalue weighted by atomic mass is 10.1. The lowest BCUT2D eigenvalue weighted by Crippen LogP contribution is -2.25. The van der Waals surface area contributed by atoms with Gasteiger partial charge in [-0.15, -0.1) is 11.3 Å². The molecule has 27 heavy (non-hydrogen) atoms. The molecule has 3 heterocycles. The van der Waals surface area contributed by atoms with Gasteiger partial charge in [-0.2, -0.15) is 0 Å². The Morgan fingerprint density at radius 2 is 2.22 bits per heavy atom. The van der Waals surface area contributed by atoms with Crippen LogP contribution in [0.15, 0.2) is 60.4 Å². The number of carbonyl (C=O) groups is 1. The predicted molar refractivity (Wildman–Crippen MR) is 105 cm³/mol. The fourth-order valence-corrected chi connectivity index (χ4v) is 3.68. The zero-order valence-electron chi connectivity index (χ0n) is 14.8. The highest BCUT2D eigenvalue weighted by atomic mass is 32.1. The van der Waals surface area contributed by atoms with Gasteiger partial charge in [-0.1, -0.05) is 18.2 Å². The number of benzene rings is 1. The third-order valence-electron chi connectivity index (χ3n) is 4.20. The van der Waals surface area contributed by atoms with Crippen LogP contribution in [0.1, 0.15) is 11.3 Å². The van der Waals surface area contributed by atoms with Crippen LogP contribution in [0.3, 0.4) is 0 Å². The highest BCUT2D eigenvalue weighted by Crippen LogP contribution is 2.26. The average Bonchev–Trinajstić information content (AvgIpc) is 3.29. The summed E-state index contributed by atoms with van der Waals surface area (Å²) in [5.74, 6) is 0.758. The number of imidazole rings is 1. The van der Waals surface area contributed by atoms with Crippen LogP contribution in [-0.4, -0.2) is 27.4 Å². The second kappa shape index (κ2) is 7.59. The normalized spacial score (nSPS) is 10.9. The molecule has 6 nitrogen and oxygen atoms in total. The number of nitrogens with zero attached hydrogens (tertiary/aromatic N) is 3. The van der Waals surface area contributed by atoms with Crippen molar-refractivity contribution >= 4 is 22.2 Å². The Balaban J connectivity index is 1.49. The number of carbonyl (C=O) groups excluding carboxylic acids is 1. The van der Waals surface area contributed by atoms with Gasteiger partial charge >= 0.3 is 0 Å². The van der Waals surface area contributed by atoms with Crippen molar-refractivity contribution in [3.8, 4) is 17.0 Å². The van der Waals surface area contributed by atoms with Crippen molar-refractivity contribution in [3.05, 3.63) is 71.6 Å². The van der Waals surface area contributed by atoms with Crippen LogP contribution < -0.4 is 10.1 Å². The zero-order chi connectivity index (χ0) is 18.6. The van der Waals surface area contributed by atoms with Crippen LogP contribution in [0.5, 0.6) is 5.75 Å². The van der Waals surface area contributed by atoms with E-state index in [1.807, 2.05) is 52.4 Å². The van der Waals surface area contributed by atoms with Crippen molar-refractivity contribution in [1.29, 1.82) is 0 Å². The average molecular weight is 378 g/mol. The molecule has 1 amide bonds. The third-order valence-corrected chi connectivity index (χ3v) is 5.09. The number of amides is 1. The van der Waals surface area contributed by atoms with Crippen LogP contribution in [0.25, 0.3) is 16.2 Å². The molecule has 0 radical (unpaired) electrons. The second-order valence-corrected chi connectivity index (χ2v) is 6.89. The Morgan fingerprint density at radius 1 is 1.30 bits per heavy atom. The maximum Gasteiger partial charge on any atom is 0.226 e. The van der Waals surface area contributed by atoms with Gasteiger partial charge in [0.1, 0.15) is 5.75 Å². The predicted octanol–water partition coefficient (Wildman–Crippen LogP) is 3.33. The number of pyridine rings is 1. The van der Waals surface area contributed by atoms with Crippen LogP contribution in [0, 0.1) is 0 Å². The maximum absolute atomic E-state index is 12.3. The molecule has 1 N–H and O–H groups in total. The molecular formula is C20H18N4O2S. The van der Waals surface area contributed by atoms with Crippen LogP contribution in [0.4, 0.5) is 0 Å². The number of methoxy groups -OCH3 is 1. The van der Waals surface area contributed by atoms with E-state index in [1.54, 1.807) is 19.5 Å². The molecule has 7 heteroatoms. The van der Waals surface area contributed by atoms with Gasteiger partial charge in [0.2, 0.25) is 5.91 Å². The first-order valence-corrected chi connectivity index (χ1v) is 9.36. The van der Waals surface area contributed by atoms with Gasteiger partial charge in [-0.3, -0.25) is 14.2 Å². The van der Waals surface area contributed by atoms with Crippen molar-refractivity contribution in [3.63, 3.8) is 0 Å². The van der Waals surface area contributed by atoms with E-state index in [0.717, 1.165) is 33.2 Å². The van der Waals surface area contributed by atoms with Crippen molar-refractivity contribution in [1.82, 2.24) is 19.7 Å². The maximum atomic E-state index is 12.3. The third kappa shape index (κ3) is 3.83. The van der Waals surface area contributed by atoms with Crippen LogP contribution in [-0.2, 0) is 17.8 Å². The fraction of sp³-hybridized carbons (Fsp3) is 0.150. The topological polar surface area (TPSA) is 68.5 Å². The summed E-state index contributed by atoms with van der Waals surface area (Å²) in [7, 11) is 1.65. The Kier molecular flexibility index (Phi) is 4.84. The standard InChI is InChI=1S/C20H18N4O2S/c1-26-17-6-2-5-15(8-17)18-12-24-16(13-27-20(24)23-18)9-19(25)22-11-14-4-3-7-21-10-14/h2-8,10,12-13H,9,11H2,1H3,(H,22,25). The lowest BCUT2D eigenvalue weighted by Gasteiger charge is -2.04. The van der Waals surface area contributed by atoms with Crippen molar-refractivity contribution in [2.24, 2.45) is 0 Å². The zero-order valence-corrected chi connectivity index (χ0v) is 15.6. The first-order valence-electron chi connectivity index (χ1n) is 8.48. The molecule has 0 bridgehead atoms. The fourth-order valence-electron chi connectivity index (χ4n) is 2.81. The number of nitrogens with one attached hydrogen (secondary N) is 1. The Bertz CT molecular complexity index is 1070. The number of aromatic nitrogens is 3. The number of hydrogen-bond acceptors (Lipinski definition) is 5. The minimum atomic E-state index is -0.0322. The number of hydrogen-bond donors (Lipinski definition) is 1. The molecule has 0 atom stereocenters. The van der Waals surface area contributed by atoms with E-state index in [-0.39, 0.29) is 5.91 Å². The molecule has 0 saturated heterocycles. The molecule has 0 spiro atoms. The Morgan fingerprint density at radius 3 is 3.04 bits per heavy atom. The quantitative estimate of drug-likeness (QED) is 0.559. The molecule has 0 aliphatic rings. The molecule has 1 aromatic carbocycles. The summed E-state index contributed by atoms with van der Waals surface area (Å²) < 4.78 is 7.26. The van der Waals surface area contributed by atoms with Crippen molar-refractivity contribution in [2.45, 2.75) is 13.0 Å². The number of fused-ring (bicyclic) bond motifs is 1. The minimum Gasteiger partial charge on any atom is -0.497 e. The Hall–Kier alpha value is -3.19. The Labute approximate surface area is 160 Å². The molecule has 0 unspecified atom stereocenters. The minimum absolute atomic E-state index is 0.0322. The highest BCUT2D eigenvalue weighted by molar-refractivity contribution is 7.15. The first kappa shape index (κ1) is 17.2. The molecule has 0 aliphatic carbocycles. The van der Waals surface area contributed by atoms with Gasteiger partial charge in [0.05, 0.1) is 19.2 Å². The summed E-state index contributed by atoms with van der Waals surface area (Å²) >= 11 is 1.53. The smallest absolute Gasteiger partial charge is 0.226 e. The van der Waals surface area contributed by atoms with Gasteiger partial charge in [-0.25, -0.2) is 4.98 Å². The number of thiazole rings is 1. The van der Waals surface area contributed by atoms with E-state index in [9.17, 15) is 4.79 Å². The summed E-state index contributed by atoms with van der Waals surface area (Å²) in [5, 5.41) is 4.90. The van der Waals surface area contributed by atoms with E-state index in [0.29, 0.717) is 13.0 Å². The van der Waals surface area contributed by atoms with E-state index in [1.165, 1.54) is 11.3 Å². The van der Waals surface area contributed by atoms with Crippen LogP contribution in [0.2, 0.25) is 0 Å². The van der Waals surface area contributed by atoms with E-state index in [2.05, 4.69) is 15.3 Å². The summed E-state index contributed by atoms with van der Waals surface area (Å²) in [6.45, 7) is 0.471. The van der Waals surface area contributed by atoms with Crippen LogP contribution >= 0.6 is 11.3 Å². The van der Waals surface area contributed by atoms with Crippen molar-refractivity contribution < 1.29 is 9.53 Å². The molecule has 0 saturated carbocycles. The van der Waals surface area contributed by atoms with E-state index >= 15 is 0 Å². The SMILES string of the molecule is COc1cccc(-c2cn3c(CC(=O)NCc4cccnc4)csc3n2)c1. The molecule has 4 aromatic rings. The van der Waals surface area contributed by atoms with E-state index < -0.39 is 0 Å². The number of ether oxygens (including phenoxy) is 1. The van der Waals surface area contributed by atoms with Gasteiger partial charge in [0.25, 0.3) is 0 Å². The highest BCUT2D eigenvalue weighted by Gasteiger charge is 2.13. The second-order valence-electron chi connectivity index (χ2n) is 6.05. The molecular weight excluding hydrogens is 360 g/mol. The summed E-state index contributed by atoms with van der Waals surface area (Å²) in [6, 6.07) is 11.6. The van der Waals surface area contributed by atoms with Crippen molar-refractivity contribution in [2.75, 3.05) is 7.11 Å². The van der Waals surface area contributed by atoms with Gasteiger partial charge < -0.3 is 10.1 Å². The first-order chi connectivity index (χ1) is 13.2. The summed E-state index contributed by atoms with van der Waals surface area (Å²) in [4.78, 5) is 21.9. The molecule has 3 aromatic heterocycles. The lowest BCUT2D eigenvalue weighted by molar-refractivity contribution is -0.120. The molecule has 4 rings (SSSR count). The molecule has 0 fully saturated rings. The molecule has 136 valence electrons. The number of rotatable bonds is 6. The largest absolute Gasteiger partial charge is 0.497 e. The van der Waals surface area contributed by atoms with Gasteiger partial charge in [-0.05, 0) is 23.8 Å². The summed E-state index contributed by atoms with van der Waals surface area (Å²) in [5.41, 5.74) is 3.74. The summed E-state index contributed by atoms with van der Waals surface area (Å²) in [6.07, 6.45) is 5.73. The monoisotopic (exact) mass is 378 g/mol. The van der Waals surface area contributed by atoms with E-state index in [4.69, 9.17) is 4.74 Å². The van der Waals surface area contributed by atoms with Gasteiger partial charge in [0.15, 0.2) is 4.96 Å².